The topological polar surface area (TPSA) is 104 Å². The fourth-order valence-corrected chi connectivity index (χ4v) is 5.89. The van der Waals surface area contributed by atoms with Crippen molar-refractivity contribution in [3.63, 3.8) is 0 Å². The first kappa shape index (κ1) is 26.0. The summed E-state index contributed by atoms with van der Waals surface area (Å²) >= 11 is 0. The first-order valence-corrected chi connectivity index (χ1v) is 14.3. The minimum Gasteiger partial charge on any atom is -0.491 e. The number of aryl methyl sites for hydroxylation is 1. The van der Waals surface area contributed by atoms with E-state index in [1.54, 1.807) is 48.5 Å². The van der Waals surface area contributed by atoms with Gasteiger partial charge in [-0.15, -0.1) is 0 Å². The van der Waals surface area contributed by atoms with Gasteiger partial charge in [0.1, 0.15) is 12.3 Å². The van der Waals surface area contributed by atoms with E-state index >= 15 is 0 Å². The fourth-order valence-electron chi connectivity index (χ4n) is 3.62. The molecule has 0 saturated carbocycles. The second kappa shape index (κ2) is 10.3. The van der Waals surface area contributed by atoms with Gasteiger partial charge in [-0.25, -0.2) is 16.8 Å². The molecule has 1 aliphatic heterocycles. The van der Waals surface area contributed by atoms with E-state index in [-0.39, 0.29) is 49.6 Å². The van der Waals surface area contributed by atoms with Crippen LogP contribution in [0.1, 0.15) is 19.4 Å². The lowest BCUT2D eigenvalue weighted by atomic mass is 10.2. The molecule has 1 fully saturated rings. The SMILES string of the molecule is Cc1ccc(S(=O)(=O)N2CCN(C(=O)CN(c3ccc(OC(C)C)cc3)S(C)(=O)=O)CC2)cc1. The lowest BCUT2D eigenvalue weighted by Crippen LogP contribution is -2.53. The molecule has 9 nitrogen and oxygen atoms in total. The lowest BCUT2D eigenvalue weighted by Gasteiger charge is -2.35. The number of carbonyl (C=O) groups is 1. The van der Waals surface area contributed by atoms with Gasteiger partial charge in [-0.2, -0.15) is 4.31 Å². The summed E-state index contributed by atoms with van der Waals surface area (Å²) in [5, 5.41) is 0. The van der Waals surface area contributed by atoms with Gasteiger partial charge in [0.2, 0.25) is 26.0 Å². The van der Waals surface area contributed by atoms with Crippen LogP contribution in [0.5, 0.6) is 5.75 Å². The summed E-state index contributed by atoms with van der Waals surface area (Å²) in [7, 11) is -7.38. The van der Waals surface area contributed by atoms with Crippen molar-refractivity contribution >= 4 is 31.6 Å². The van der Waals surface area contributed by atoms with E-state index in [1.807, 2.05) is 20.8 Å². The number of benzene rings is 2. The summed E-state index contributed by atoms with van der Waals surface area (Å²) in [5.41, 5.74) is 1.32. The second-order valence-electron chi connectivity index (χ2n) is 8.53. The highest BCUT2D eigenvalue weighted by Crippen LogP contribution is 2.23. The maximum absolute atomic E-state index is 12.9. The average Bonchev–Trinajstić information content (AvgIpc) is 2.77. The molecule has 1 heterocycles. The maximum Gasteiger partial charge on any atom is 0.243 e. The van der Waals surface area contributed by atoms with E-state index in [2.05, 4.69) is 0 Å². The predicted molar refractivity (Wildman–Crippen MR) is 131 cm³/mol. The maximum atomic E-state index is 12.9. The number of rotatable bonds is 8. The zero-order valence-electron chi connectivity index (χ0n) is 19.8. The van der Waals surface area contributed by atoms with E-state index in [9.17, 15) is 21.6 Å². The van der Waals surface area contributed by atoms with Gasteiger partial charge in [0.05, 0.1) is 22.9 Å². The average molecular weight is 510 g/mol. The molecule has 1 saturated heterocycles. The van der Waals surface area contributed by atoms with Crippen molar-refractivity contribution in [3.05, 3.63) is 54.1 Å². The van der Waals surface area contributed by atoms with E-state index < -0.39 is 20.0 Å². The van der Waals surface area contributed by atoms with Crippen LogP contribution in [0.25, 0.3) is 0 Å². The number of piperazine rings is 1. The fraction of sp³-hybridized carbons (Fsp3) is 0.435. The molecule has 186 valence electrons. The quantitative estimate of drug-likeness (QED) is 0.540. The van der Waals surface area contributed by atoms with E-state index in [0.29, 0.717) is 11.4 Å². The van der Waals surface area contributed by atoms with Gasteiger partial charge < -0.3 is 9.64 Å². The number of carbonyl (C=O) groups excluding carboxylic acids is 1. The molecule has 0 N–H and O–H groups in total. The minimum absolute atomic E-state index is 0.0214. The molecule has 0 spiro atoms. The summed E-state index contributed by atoms with van der Waals surface area (Å²) in [4.78, 5) is 14.6. The Hall–Kier alpha value is -2.63. The Morgan fingerprint density at radius 1 is 0.941 bits per heavy atom. The van der Waals surface area contributed by atoms with Crippen LogP contribution < -0.4 is 9.04 Å². The minimum atomic E-state index is -3.72. The van der Waals surface area contributed by atoms with E-state index in [4.69, 9.17) is 4.74 Å². The molecule has 2 aromatic carbocycles. The van der Waals surface area contributed by atoms with Crippen LogP contribution in [-0.2, 0) is 24.8 Å². The first-order chi connectivity index (χ1) is 15.9. The number of hydrogen-bond acceptors (Lipinski definition) is 6. The van der Waals surface area contributed by atoms with Crippen LogP contribution in [-0.4, -0.2) is 77.0 Å². The highest BCUT2D eigenvalue weighted by Gasteiger charge is 2.31. The summed E-state index contributed by atoms with van der Waals surface area (Å²) in [6, 6.07) is 13.1. The monoisotopic (exact) mass is 509 g/mol. The lowest BCUT2D eigenvalue weighted by molar-refractivity contribution is -0.130. The van der Waals surface area contributed by atoms with Crippen molar-refractivity contribution in [2.24, 2.45) is 0 Å². The van der Waals surface area contributed by atoms with Crippen molar-refractivity contribution in [1.82, 2.24) is 9.21 Å². The van der Waals surface area contributed by atoms with Crippen molar-refractivity contribution < 1.29 is 26.4 Å². The number of amides is 1. The molecule has 0 unspecified atom stereocenters. The molecule has 34 heavy (non-hydrogen) atoms. The highest BCUT2D eigenvalue weighted by molar-refractivity contribution is 7.92. The van der Waals surface area contributed by atoms with Crippen LogP contribution in [0.15, 0.2) is 53.4 Å². The van der Waals surface area contributed by atoms with Gasteiger partial charge in [-0.3, -0.25) is 9.10 Å². The van der Waals surface area contributed by atoms with Crippen molar-refractivity contribution in [3.8, 4) is 5.75 Å². The molecular weight excluding hydrogens is 478 g/mol. The highest BCUT2D eigenvalue weighted by atomic mass is 32.2. The normalized spacial score (nSPS) is 15.4. The Morgan fingerprint density at radius 2 is 1.50 bits per heavy atom. The van der Waals surface area contributed by atoms with Gasteiger partial charge in [0.25, 0.3) is 0 Å². The molecule has 0 bridgehead atoms. The Kier molecular flexibility index (Phi) is 7.89. The molecule has 1 amide bonds. The standard InChI is InChI=1S/C23H31N3O6S2/c1-18(2)32-21-9-7-20(8-10-21)26(33(4,28)29)17-23(27)24-13-15-25(16-14-24)34(30,31)22-11-5-19(3)6-12-22/h5-12,18H,13-17H2,1-4H3. The van der Waals surface area contributed by atoms with Gasteiger partial charge in [0.15, 0.2) is 0 Å². The number of anilines is 1. The Balaban J connectivity index is 1.67. The summed E-state index contributed by atoms with van der Waals surface area (Å²) in [5.74, 6) is 0.213. The van der Waals surface area contributed by atoms with Crippen LogP contribution in [0.2, 0.25) is 0 Å². The Morgan fingerprint density at radius 3 is 2.00 bits per heavy atom. The molecule has 0 radical (unpaired) electrons. The molecule has 1 aliphatic rings. The molecule has 0 aromatic heterocycles. The predicted octanol–water partition coefficient (Wildman–Crippen LogP) is 2.08. The third-order valence-electron chi connectivity index (χ3n) is 5.43. The largest absolute Gasteiger partial charge is 0.491 e. The number of ether oxygens (including phenoxy) is 1. The van der Waals surface area contributed by atoms with Crippen molar-refractivity contribution in [1.29, 1.82) is 0 Å². The zero-order chi connectivity index (χ0) is 25.1. The molecule has 3 rings (SSSR count). The van der Waals surface area contributed by atoms with Gasteiger partial charge in [-0.1, -0.05) is 17.7 Å². The summed E-state index contributed by atoms with van der Waals surface area (Å²) in [6.45, 7) is 5.94. The summed E-state index contributed by atoms with van der Waals surface area (Å²) < 4.78 is 58.6. The molecule has 0 atom stereocenters. The van der Waals surface area contributed by atoms with E-state index in [1.165, 1.54) is 9.21 Å². The van der Waals surface area contributed by atoms with E-state index in [0.717, 1.165) is 16.1 Å². The van der Waals surface area contributed by atoms with Crippen molar-refractivity contribution in [2.75, 3.05) is 43.3 Å². The molecular formula is C23H31N3O6S2. The van der Waals surface area contributed by atoms with Crippen molar-refractivity contribution in [2.45, 2.75) is 31.8 Å². The first-order valence-electron chi connectivity index (χ1n) is 11.0. The van der Waals surface area contributed by atoms with Crippen LogP contribution in [0.4, 0.5) is 5.69 Å². The second-order valence-corrected chi connectivity index (χ2v) is 12.4. The third kappa shape index (κ3) is 6.28. The van der Waals surface area contributed by atoms with Gasteiger partial charge >= 0.3 is 0 Å². The number of sulfonamides is 2. The van der Waals surface area contributed by atoms with Gasteiger partial charge in [-0.05, 0) is 57.2 Å². The molecule has 11 heteroatoms. The van der Waals surface area contributed by atoms with Crippen LogP contribution >= 0.6 is 0 Å². The Bertz CT molecular complexity index is 1200. The Labute approximate surface area is 202 Å². The van der Waals surface area contributed by atoms with Crippen LogP contribution in [0, 0.1) is 6.92 Å². The summed E-state index contributed by atoms with van der Waals surface area (Å²) in [6.07, 6.45) is 1.03. The zero-order valence-corrected chi connectivity index (χ0v) is 21.5. The number of hydrogen-bond donors (Lipinski definition) is 0. The third-order valence-corrected chi connectivity index (χ3v) is 8.48. The molecule has 0 aliphatic carbocycles. The van der Waals surface area contributed by atoms with Gasteiger partial charge in [0, 0.05) is 26.2 Å². The molecule has 2 aromatic rings. The number of nitrogens with zero attached hydrogens (tertiary/aromatic N) is 3. The smallest absolute Gasteiger partial charge is 0.243 e. The van der Waals surface area contributed by atoms with Crippen LogP contribution in [0.3, 0.4) is 0 Å².